The molecule has 4 unspecified atom stereocenters. The largest absolute Gasteiger partial charge is 0.480 e. The van der Waals surface area contributed by atoms with Gasteiger partial charge in [0.25, 0.3) is 0 Å². The Labute approximate surface area is 130 Å². The molecule has 21 heavy (non-hydrogen) atoms. The molecule has 0 radical (unpaired) electrons. The molecule has 4 atom stereocenters. The Morgan fingerprint density at radius 1 is 1.10 bits per heavy atom. The van der Waals surface area contributed by atoms with Crippen LogP contribution in [0.2, 0.25) is 0 Å². The van der Waals surface area contributed by atoms with E-state index in [0.717, 1.165) is 32.1 Å². The normalized spacial score (nSPS) is 31.2. The van der Waals surface area contributed by atoms with Gasteiger partial charge in [-0.15, -0.1) is 23.2 Å². The van der Waals surface area contributed by atoms with Gasteiger partial charge in [-0.3, -0.25) is 14.4 Å². The molecule has 0 bridgehead atoms. The van der Waals surface area contributed by atoms with Crippen LogP contribution in [0.5, 0.6) is 0 Å². The van der Waals surface area contributed by atoms with Crippen LogP contribution in [-0.2, 0) is 14.4 Å². The van der Waals surface area contributed by atoms with E-state index in [0.29, 0.717) is 0 Å². The van der Waals surface area contributed by atoms with E-state index in [1.165, 1.54) is 0 Å². The highest BCUT2D eigenvalue weighted by Crippen LogP contribution is 2.36. The number of Topliss-reactive ketones (excluding diaryl/α,β-unsaturated/α-hetero) is 2. The van der Waals surface area contributed by atoms with Crippen molar-refractivity contribution in [3.63, 3.8) is 0 Å². The third kappa shape index (κ3) is 2.89. The first kappa shape index (κ1) is 17.8. The first-order valence-electron chi connectivity index (χ1n) is 5.87. The van der Waals surface area contributed by atoms with E-state index in [1.807, 2.05) is 0 Å². The van der Waals surface area contributed by atoms with E-state index in [1.54, 1.807) is 0 Å². The Hall–Kier alpha value is -1.21. The Morgan fingerprint density at radius 3 is 1.95 bits per heavy atom. The molecule has 116 valence electrons. The number of ketones is 2. The van der Waals surface area contributed by atoms with Crippen molar-refractivity contribution >= 4 is 40.7 Å². The Kier molecular flexibility index (Phi) is 5.00. The summed E-state index contributed by atoms with van der Waals surface area (Å²) in [7, 11) is 0. The fourth-order valence-corrected chi connectivity index (χ4v) is 2.35. The fourth-order valence-electron chi connectivity index (χ4n) is 1.96. The summed E-state index contributed by atoms with van der Waals surface area (Å²) in [5, 5.41) is 26.7. The minimum atomic E-state index is -2.54. The standard InChI is InChI=1S/C13H14Cl2O6/c1-6(16)12(20)4-3-8(5-13(12,21)7(2)17)9(14)10(15)11(18)19/h3-5,9-10,20-21H,1-2H3,(H,18,19). The molecule has 0 saturated heterocycles. The second kappa shape index (κ2) is 5.88. The molecule has 1 aliphatic carbocycles. The number of alkyl halides is 2. The second-order valence-electron chi connectivity index (χ2n) is 4.76. The lowest BCUT2D eigenvalue weighted by Gasteiger charge is -2.39. The molecule has 3 N–H and O–H groups in total. The van der Waals surface area contributed by atoms with E-state index in [2.05, 4.69) is 0 Å². The predicted octanol–water partition coefficient (Wildman–Crippen LogP) is 0.422. The lowest BCUT2D eigenvalue weighted by molar-refractivity contribution is -0.162. The van der Waals surface area contributed by atoms with Gasteiger partial charge in [-0.1, -0.05) is 6.08 Å². The zero-order valence-electron chi connectivity index (χ0n) is 11.2. The molecule has 0 saturated carbocycles. The molecule has 0 spiro atoms. The maximum atomic E-state index is 11.7. The van der Waals surface area contributed by atoms with Crippen LogP contribution in [0.1, 0.15) is 13.8 Å². The van der Waals surface area contributed by atoms with Crippen molar-refractivity contribution in [2.45, 2.75) is 35.8 Å². The molecule has 1 aliphatic rings. The first-order valence-corrected chi connectivity index (χ1v) is 6.74. The number of halogens is 2. The molecular weight excluding hydrogens is 323 g/mol. The number of allylic oxidation sites excluding steroid dienone is 2. The van der Waals surface area contributed by atoms with E-state index < -0.39 is 39.5 Å². The number of aliphatic hydroxyl groups is 2. The number of aliphatic carboxylic acids is 1. The number of hydrogen-bond acceptors (Lipinski definition) is 5. The fraction of sp³-hybridized carbons (Fsp3) is 0.462. The van der Waals surface area contributed by atoms with Crippen molar-refractivity contribution in [2.24, 2.45) is 0 Å². The van der Waals surface area contributed by atoms with Crippen LogP contribution in [-0.4, -0.2) is 54.8 Å². The molecule has 0 aromatic carbocycles. The van der Waals surface area contributed by atoms with Gasteiger partial charge in [0.05, 0.1) is 5.38 Å². The highest BCUT2D eigenvalue weighted by Gasteiger charge is 2.55. The smallest absolute Gasteiger partial charge is 0.323 e. The highest BCUT2D eigenvalue weighted by molar-refractivity contribution is 6.37. The third-order valence-electron chi connectivity index (χ3n) is 3.36. The van der Waals surface area contributed by atoms with Crippen LogP contribution in [0.25, 0.3) is 0 Å². The maximum absolute atomic E-state index is 11.7. The molecule has 0 aromatic heterocycles. The van der Waals surface area contributed by atoms with Gasteiger partial charge in [0, 0.05) is 0 Å². The summed E-state index contributed by atoms with van der Waals surface area (Å²) >= 11 is 11.5. The Bertz CT molecular complexity index is 555. The molecule has 0 aliphatic heterocycles. The summed E-state index contributed by atoms with van der Waals surface area (Å²) in [5.74, 6) is -3.13. The molecule has 0 amide bonds. The van der Waals surface area contributed by atoms with Gasteiger partial charge in [0.2, 0.25) is 0 Å². The lowest BCUT2D eigenvalue weighted by atomic mass is 9.72. The van der Waals surface area contributed by atoms with E-state index in [9.17, 15) is 24.6 Å². The molecule has 8 heteroatoms. The zero-order chi connectivity index (χ0) is 16.6. The van der Waals surface area contributed by atoms with Crippen LogP contribution in [0.15, 0.2) is 23.8 Å². The topological polar surface area (TPSA) is 112 Å². The predicted molar refractivity (Wildman–Crippen MR) is 75.4 cm³/mol. The summed E-state index contributed by atoms with van der Waals surface area (Å²) in [5.41, 5.74) is -4.96. The molecule has 0 heterocycles. The average molecular weight is 337 g/mol. The van der Waals surface area contributed by atoms with Gasteiger partial charge in [-0.2, -0.15) is 0 Å². The lowest BCUT2D eigenvalue weighted by Crippen LogP contribution is -2.61. The van der Waals surface area contributed by atoms with E-state index in [-0.39, 0.29) is 5.57 Å². The van der Waals surface area contributed by atoms with Crippen molar-refractivity contribution in [2.75, 3.05) is 0 Å². The molecule has 0 fully saturated rings. The summed E-state index contributed by atoms with van der Waals surface area (Å²) < 4.78 is 0. The molecular formula is C13H14Cl2O6. The third-order valence-corrected chi connectivity index (χ3v) is 4.43. The van der Waals surface area contributed by atoms with E-state index in [4.69, 9.17) is 28.3 Å². The van der Waals surface area contributed by atoms with Crippen LogP contribution in [0, 0.1) is 0 Å². The zero-order valence-corrected chi connectivity index (χ0v) is 12.7. The van der Waals surface area contributed by atoms with Gasteiger partial charge in [-0.25, -0.2) is 0 Å². The SMILES string of the molecule is CC(=O)C1(O)C=CC(C(Cl)C(Cl)C(=O)O)=CC1(O)C(C)=O. The van der Waals surface area contributed by atoms with Crippen LogP contribution < -0.4 is 0 Å². The number of carbonyl (C=O) groups excluding carboxylic acids is 2. The Morgan fingerprint density at radius 2 is 1.57 bits per heavy atom. The van der Waals surface area contributed by atoms with Crippen molar-refractivity contribution in [3.8, 4) is 0 Å². The summed E-state index contributed by atoms with van der Waals surface area (Å²) in [6.07, 6.45) is 2.94. The van der Waals surface area contributed by atoms with Gasteiger partial charge < -0.3 is 15.3 Å². The summed E-state index contributed by atoms with van der Waals surface area (Å²) in [4.78, 5) is 34.1. The highest BCUT2D eigenvalue weighted by atomic mass is 35.5. The van der Waals surface area contributed by atoms with E-state index >= 15 is 0 Å². The first-order chi connectivity index (χ1) is 9.47. The summed E-state index contributed by atoms with van der Waals surface area (Å²) in [6, 6.07) is 0. The average Bonchev–Trinajstić information content (AvgIpc) is 2.39. The number of hydrogen-bond donors (Lipinski definition) is 3. The quantitative estimate of drug-likeness (QED) is 0.627. The van der Waals surface area contributed by atoms with Crippen LogP contribution in [0.4, 0.5) is 0 Å². The number of carboxylic acids is 1. The molecule has 6 nitrogen and oxygen atoms in total. The van der Waals surface area contributed by atoms with Crippen molar-refractivity contribution < 1.29 is 29.7 Å². The van der Waals surface area contributed by atoms with Crippen molar-refractivity contribution in [1.29, 1.82) is 0 Å². The van der Waals surface area contributed by atoms with Gasteiger partial charge >= 0.3 is 5.97 Å². The number of rotatable bonds is 5. The summed E-state index contributed by atoms with van der Waals surface area (Å²) in [6.45, 7) is 2.00. The van der Waals surface area contributed by atoms with Crippen LogP contribution >= 0.6 is 23.2 Å². The van der Waals surface area contributed by atoms with Crippen molar-refractivity contribution in [3.05, 3.63) is 23.8 Å². The minimum Gasteiger partial charge on any atom is -0.480 e. The monoisotopic (exact) mass is 336 g/mol. The van der Waals surface area contributed by atoms with Crippen molar-refractivity contribution in [1.82, 2.24) is 0 Å². The van der Waals surface area contributed by atoms with Crippen LogP contribution in [0.3, 0.4) is 0 Å². The maximum Gasteiger partial charge on any atom is 0.323 e. The van der Waals surface area contributed by atoms with Gasteiger partial charge in [-0.05, 0) is 31.6 Å². The molecule has 0 aromatic rings. The molecule has 1 rings (SSSR count). The number of carboxylic acid groups (broad SMARTS) is 1. The van der Waals surface area contributed by atoms with Gasteiger partial charge in [0.15, 0.2) is 28.1 Å². The second-order valence-corrected chi connectivity index (χ2v) is 5.70. The van der Waals surface area contributed by atoms with Gasteiger partial charge in [0.1, 0.15) is 0 Å². The Balaban J connectivity index is 3.34. The number of carbonyl (C=O) groups is 3. The minimum absolute atomic E-state index is 0.0164.